The number of benzene rings is 1. The van der Waals surface area contributed by atoms with Crippen molar-refractivity contribution >= 4 is 31.9 Å². The van der Waals surface area contributed by atoms with E-state index in [4.69, 9.17) is 0 Å². The molecule has 7 nitrogen and oxygen atoms in total. The predicted molar refractivity (Wildman–Crippen MR) is 101 cm³/mol. The van der Waals surface area contributed by atoms with Crippen molar-refractivity contribution in [3.8, 4) is 0 Å². The molecule has 1 amide bonds. The topological polar surface area (TPSA) is 95.2 Å². The van der Waals surface area contributed by atoms with E-state index in [1.807, 2.05) is 18.2 Å². The van der Waals surface area contributed by atoms with Gasteiger partial charge in [-0.3, -0.25) is 9.89 Å². The normalized spacial score (nSPS) is 16.6. The minimum absolute atomic E-state index is 0.0485. The van der Waals surface area contributed by atoms with Crippen molar-refractivity contribution < 1.29 is 13.2 Å². The van der Waals surface area contributed by atoms with Crippen LogP contribution in [-0.2, 0) is 10.0 Å². The molecule has 0 atom stereocenters. The van der Waals surface area contributed by atoms with Crippen LogP contribution in [0.25, 0.3) is 0 Å². The third kappa shape index (κ3) is 3.70. The fourth-order valence-electron chi connectivity index (χ4n) is 3.20. The second kappa shape index (κ2) is 7.50. The lowest BCUT2D eigenvalue weighted by molar-refractivity contribution is 0.0923. The van der Waals surface area contributed by atoms with Gasteiger partial charge in [0.1, 0.15) is 4.90 Å². The summed E-state index contributed by atoms with van der Waals surface area (Å²) in [6, 6.07) is 7.19. The highest BCUT2D eigenvalue weighted by molar-refractivity contribution is 9.10. The zero-order valence-electron chi connectivity index (χ0n) is 14.6. The number of rotatable bonds is 4. The number of nitrogens with one attached hydrogen (secondary N) is 2. The molecule has 1 aromatic carbocycles. The number of H-pyrrole nitrogens is 1. The van der Waals surface area contributed by atoms with E-state index in [1.54, 1.807) is 19.9 Å². The molecule has 1 saturated heterocycles. The Morgan fingerprint density at radius 3 is 2.50 bits per heavy atom. The molecule has 26 heavy (non-hydrogen) atoms. The van der Waals surface area contributed by atoms with Crippen molar-refractivity contribution in [2.45, 2.75) is 37.6 Å². The molecule has 0 radical (unpaired) electrons. The number of carbonyl (C=O) groups is 1. The summed E-state index contributed by atoms with van der Waals surface area (Å²) in [6.07, 6.45) is 1.15. The number of nitrogens with zero attached hydrogens (tertiary/aromatic N) is 2. The van der Waals surface area contributed by atoms with Crippen LogP contribution in [0.4, 0.5) is 0 Å². The maximum Gasteiger partial charge on any atom is 0.252 e. The smallest absolute Gasteiger partial charge is 0.252 e. The number of hydrogen-bond acceptors (Lipinski definition) is 4. The Balaban J connectivity index is 1.64. The molecule has 9 heteroatoms. The highest BCUT2D eigenvalue weighted by atomic mass is 79.9. The maximum absolute atomic E-state index is 12.9. The van der Waals surface area contributed by atoms with Crippen LogP contribution in [0.15, 0.2) is 33.6 Å². The second-order valence-corrected chi connectivity index (χ2v) is 9.12. The fourth-order valence-corrected chi connectivity index (χ4v) is 5.46. The van der Waals surface area contributed by atoms with Gasteiger partial charge in [-0.25, -0.2) is 8.42 Å². The minimum atomic E-state index is -3.57. The summed E-state index contributed by atoms with van der Waals surface area (Å²) < 4.78 is 27.9. The van der Waals surface area contributed by atoms with E-state index >= 15 is 0 Å². The van der Waals surface area contributed by atoms with Gasteiger partial charge >= 0.3 is 0 Å². The average Bonchev–Trinajstić information content (AvgIpc) is 2.95. The van der Waals surface area contributed by atoms with Gasteiger partial charge in [0.05, 0.1) is 17.0 Å². The Kier molecular flexibility index (Phi) is 5.50. The van der Waals surface area contributed by atoms with E-state index in [-0.39, 0.29) is 16.8 Å². The summed E-state index contributed by atoms with van der Waals surface area (Å²) in [5.74, 6) is -0.152. The molecular formula is C17H21BrN4O3S. The molecule has 2 aromatic rings. The van der Waals surface area contributed by atoms with Crippen LogP contribution in [-0.4, -0.2) is 48.0 Å². The summed E-state index contributed by atoms with van der Waals surface area (Å²) in [4.78, 5) is 12.7. The molecule has 140 valence electrons. The van der Waals surface area contributed by atoms with Crippen molar-refractivity contribution in [1.29, 1.82) is 0 Å². The van der Waals surface area contributed by atoms with E-state index in [1.165, 1.54) is 4.31 Å². The lowest BCUT2D eigenvalue weighted by Gasteiger charge is -2.31. The van der Waals surface area contributed by atoms with Crippen LogP contribution in [0.3, 0.4) is 0 Å². The van der Waals surface area contributed by atoms with Crippen LogP contribution in [0, 0.1) is 13.8 Å². The first-order chi connectivity index (χ1) is 12.3. The van der Waals surface area contributed by atoms with Gasteiger partial charge in [-0.05, 0) is 54.8 Å². The molecule has 2 N–H and O–H groups in total. The van der Waals surface area contributed by atoms with Crippen LogP contribution in [0.2, 0.25) is 0 Å². The van der Waals surface area contributed by atoms with Gasteiger partial charge in [-0.15, -0.1) is 0 Å². The number of halogens is 1. The van der Waals surface area contributed by atoms with Crippen LogP contribution in [0.1, 0.15) is 34.6 Å². The number of aromatic amines is 1. The van der Waals surface area contributed by atoms with E-state index in [0.29, 0.717) is 42.9 Å². The molecule has 0 unspecified atom stereocenters. The van der Waals surface area contributed by atoms with Crippen molar-refractivity contribution in [1.82, 2.24) is 19.8 Å². The molecule has 1 aliphatic heterocycles. The highest BCUT2D eigenvalue weighted by Gasteiger charge is 2.33. The van der Waals surface area contributed by atoms with Crippen LogP contribution in [0.5, 0.6) is 0 Å². The maximum atomic E-state index is 12.9. The molecule has 1 aromatic heterocycles. The first-order valence-electron chi connectivity index (χ1n) is 8.38. The first kappa shape index (κ1) is 19.1. The van der Waals surface area contributed by atoms with E-state index in [2.05, 4.69) is 31.4 Å². The largest absolute Gasteiger partial charge is 0.349 e. The molecule has 2 heterocycles. The Morgan fingerprint density at radius 1 is 1.27 bits per heavy atom. The highest BCUT2D eigenvalue weighted by Crippen LogP contribution is 2.25. The Bertz CT molecular complexity index is 898. The van der Waals surface area contributed by atoms with Crippen molar-refractivity contribution in [2.75, 3.05) is 13.1 Å². The monoisotopic (exact) mass is 440 g/mol. The van der Waals surface area contributed by atoms with Gasteiger partial charge < -0.3 is 5.32 Å². The van der Waals surface area contributed by atoms with Gasteiger partial charge in [0.2, 0.25) is 10.0 Å². The van der Waals surface area contributed by atoms with Crippen LogP contribution < -0.4 is 5.32 Å². The molecule has 0 aliphatic carbocycles. The summed E-state index contributed by atoms with van der Waals surface area (Å²) in [6.45, 7) is 4.12. The molecule has 0 spiro atoms. The Hall–Kier alpha value is -1.71. The first-order valence-corrected chi connectivity index (χ1v) is 10.6. The lowest BCUT2D eigenvalue weighted by atomic mass is 10.1. The van der Waals surface area contributed by atoms with Crippen molar-refractivity contribution in [3.63, 3.8) is 0 Å². The average molecular weight is 441 g/mol. The molecule has 1 aliphatic rings. The van der Waals surface area contributed by atoms with E-state index in [9.17, 15) is 13.2 Å². The quantitative estimate of drug-likeness (QED) is 0.762. The number of hydrogen-bond donors (Lipinski definition) is 2. The van der Waals surface area contributed by atoms with E-state index in [0.717, 1.165) is 4.47 Å². The third-order valence-corrected chi connectivity index (χ3v) is 7.42. The SMILES string of the molecule is Cc1n[nH]c(C)c1S(=O)(=O)N1CCC(NC(=O)c2ccccc2Br)CC1. The third-order valence-electron chi connectivity index (χ3n) is 4.57. The number of piperidine rings is 1. The molecule has 0 saturated carbocycles. The summed E-state index contributed by atoms with van der Waals surface area (Å²) in [7, 11) is -3.57. The number of amides is 1. The molecule has 0 bridgehead atoms. The number of aryl methyl sites for hydroxylation is 2. The van der Waals surface area contributed by atoms with Crippen molar-refractivity contribution in [2.24, 2.45) is 0 Å². The zero-order chi connectivity index (χ0) is 18.9. The molecule has 1 fully saturated rings. The fraction of sp³-hybridized carbons (Fsp3) is 0.412. The standard InChI is InChI=1S/C17H21BrN4O3S/c1-11-16(12(2)21-20-11)26(24,25)22-9-7-13(8-10-22)19-17(23)14-5-3-4-6-15(14)18/h3-6,13H,7-10H2,1-2H3,(H,19,23)(H,20,21). The predicted octanol–water partition coefficient (Wildman–Crippen LogP) is 2.37. The van der Waals surface area contributed by atoms with Crippen LogP contribution >= 0.6 is 15.9 Å². The van der Waals surface area contributed by atoms with Gasteiger partial charge in [0.25, 0.3) is 5.91 Å². The van der Waals surface area contributed by atoms with Gasteiger partial charge in [-0.1, -0.05) is 12.1 Å². The number of sulfonamides is 1. The lowest BCUT2D eigenvalue weighted by Crippen LogP contribution is -2.46. The van der Waals surface area contributed by atoms with E-state index < -0.39 is 10.0 Å². The Labute approximate surface area is 161 Å². The second-order valence-electron chi connectivity index (χ2n) is 6.39. The number of carbonyl (C=O) groups excluding carboxylic acids is 1. The molecular weight excluding hydrogens is 420 g/mol. The Morgan fingerprint density at radius 2 is 1.92 bits per heavy atom. The van der Waals surface area contributed by atoms with Crippen molar-refractivity contribution in [3.05, 3.63) is 45.7 Å². The minimum Gasteiger partial charge on any atom is -0.349 e. The van der Waals surface area contributed by atoms with Gasteiger partial charge in [-0.2, -0.15) is 9.40 Å². The zero-order valence-corrected chi connectivity index (χ0v) is 17.0. The van der Waals surface area contributed by atoms with Gasteiger partial charge in [0, 0.05) is 23.6 Å². The summed E-state index contributed by atoms with van der Waals surface area (Å²) in [5, 5.41) is 9.70. The molecule has 3 rings (SSSR count). The number of aromatic nitrogens is 2. The summed E-state index contributed by atoms with van der Waals surface area (Å²) in [5.41, 5.74) is 1.60. The summed E-state index contributed by atoms with van der Waals surface area (Å²) >= 11 is 3.38. The van der Waals surface area contributed by atoms with Gasteiger partial charge in [0.15, 0.2) is 0 Å².